The molecule has 10 rings (SSSR count). The summed E-state index contributed by atoms with van der Waals surface area (Å²) in [6, 6.07) is 56.2. The van der Waals surface area contributed by atoms with Crippen molar-refractivity contribution < 1.29 is 8.83 Å². The van der Waals surface area contributed by atoms with E-state index < -0.39 is 0 Å². The molecule has 0 unspecified atom stereocenters. The van der Waals surface area contributed by atoms with Crippen LogP contribution in [0.2, 0.25) is 0 Å². The molecule has 10 aromatic rings. The summed E-state index contributed by atoms with van der Waals surface area (Å²) in [5.41, 5.74) is 8.45. The van der Waals surface area contributed by atoms with Crippen LogP contribution in [0.4, 0.5) is 0 Å². The molecule has 2 heteroatoms. The fourth-order valence-electron chi connectivity index (χ4n) is 7.39. The summed E-state index contributed by atoms with van der Waals surface area (Å²) in [7, 11) is 0. The van der Waals surface area contributed by atoms with Gasteiger partial charge in [0, 0.05) is 27.8 Å². The van der Waals surface area contributed by atoms with Gasteiger partial charge in [-0.25, -0.2) is 0 Å². The Balaban J connectivity index is 1.28. The first-order chi connectivity index (χ1) is 22.8. The van der Waals surface area contributed by atoms with Crippen LogP contribution in [-0.4, -0.2) is 0 Å². The van der Waals surface area contributed by atoms with Crippen molar-refractivity contribution in [2.75, 3.05) is 0 Å². The van der Waals surface area contributed by atoms with Gasteiger partial charge in [0.25, 0.3) is 0 Å². The maximum atomic E-state index is 6.54. The summed E-state index contributed by atoms with van der Waals surface area (Å²) >= 11 is 0. The third kappa shape index (κ3) is 3.71. The molecule has 0 aliphatic carbocycles. The van der Waals surface area contributed by atoms with Gasteiger partial charge in [0.2, 0.25) is 0 Å². The van der Waals surface area contributed by atoms with E-state index in [0.717, 1.165) is 44.2 Å². The van der Waals surface area contributed by atoms with Crippen molar-refractivity contribution in [1.29, 1.82) is 0 Å². The van der Waals surface area contributed by atoms with Crippen LogP contribution in [0, 0.1) is 0 Å². The molecule has 0 fully saturated rings. The van der Waals surface area contributed by atoms with Gasteiger partial charge in [-0.1, -0.05) is 127 Å². The van der Waals surface area contributed by atoms with Crippen LogP contribution in [0.1, 0.15) is 0 Å². The lowest BCUT2D eigenvalue weighted by Crippen LogP contribution is -1.91. The normalized spacial score (nSPS) is 11.9. The third-order valence-electron chi connectivity index (χ3n) is 9.43. The number of rotatable bonds is 3. The Hall–Kier alpha value is -6.12. The second-order valence-electron chi connectivity index (χ2n) is 12.0. The van der Waals surface area contributed by atoms with Crippen LogP contribution in [0.15, 0.2) is 167 Å². The fourth-order valence-corrected chi connectivity index (χ4v) is 7.39. The quantitative estimate of drug-likeness (QED) is 0.193. The first-order valence-corrected chi connectivity index (χ1v) is 15.7. The second kappa shape index (κ2) is 9.69. The summed E-state index contributed by atoms with van der Waals surface area (Å²) in [4.78, 5) is 0. The average Bonchev–Trinajstić information content (AvgIpc) is 3.70. The summed E-state index contributed by atoms with van der Waals surface area (Å²) in [5, 5.41) is 10.7. The van der Waals surface area contributed by atoms with Crippen molar-refractivity contribution in [3.05, 3.63) is 158 Å². The predicted octanol–water partition coefficient (Wildman–Crippen LogP) is 12.8. The van der Waals surface area contributed by atoms with Gasteiger partial charge in [-0.05, 0) is 78.8 Å². The van der Waals surface area contributed by atoms with Crippen LogP contribution in [0.5, 0.6) is 0 Å². The molecule has 0 aliphatic heterocycles. The Morgan fingerprint density at radius 3 is 1.76 bits per heavy atom. The minimum Gasteiger partial charge on any atom is -0.456 e. The highest BCUT2D eigenvalue weighted by Gasteiger charge is 2.21. The summed E-state index contributed by atoms with van der Waals surface area (Å²) in [5.74, 6) is 0.856. The van der Waals surface area contributed by atoms with Gasteiger partial charge in [0.15, 0.2) is 0 Å². The van der Waals surface area contributed by atoms with Crippen molar-refractivity contribution in [2.24, 2.45) is 0 Å². The lowest BCUT2D eigenvalue weighted by atomic mass is 9.84. The highest BCUT2D eigenvalue weighted by molar-refractivity contribution is 6.26. The van der Waals surface area contributed by atoms with Crippen LogP contribution < -0.4 is 0 Å². The van der Waals surface area contributed by atoms with Crippen molar-refractivity contribution in [3.63, 3.8) is 0 Å². The van der Waals surface area contributed by atoms with E-state index in [2.05, 4.69) is 133 Å². The Bertz CT molecular complexity index is 2740. The van der Waals surface area contributed by atoms with E-state index in [1.54, 1.807) is 0 Å². The largest absolute Gasteiger partial charge is 0.456 e. The molecule has 8 aromatic carbocycles. The van der Waals surface area contributed by atoms with Gasteiger partial charge < -0.3 is 8.83 Å². The molecule has 214 valence electrons. The topological polar surface area (TPSA) is 26.3 Å². The molecule has 0 spiro atoms. The van der Waals surface area contributed by atoms with E-state index in [1.807, 2.05) is 24.3 Å². The molecule has 0 bridgehead atoms. The van der Waals surface area contributed by atoms with E-state index in [4.69, 9.17) is 8.83 Å². The van der Waals surface area contributed by atoms with E-state index in [9.17, 15) is 0 Å². The van der Waals surface area contributed by atoms with Crippen LogP contribution in [0.3, 0.4) is 0 Å². The Morgan fingerprint density at radius 2 is 1.00 bits per heavy atom. The minimum atomic E-state index is 0.822. The maximum absolute atomic E-state index is 6.54. The molecule has 0 amide bonds. The van der Waals surface area contributed by atoms with Gasteiger partial charge in [-0.15, -0.1) is 0 Å². The van der Waals surface area contributed by atoms with E-state index in [0.29, 0.717) is 0 Å². The number of fused-ring (bicyclic) bond motifs is 7. The summed E-state index contributed by atoms with van der Waals surface area (Å²) in [6.07, 6.45) is 0. The van der Waals surface area contributed by atoms with Gasteiger partial charge in [-0.2, -0.15) is 0 Å². The molecule has 46 heavy (non-hydrogen) atoms. The smallest absolute Gasteiger partial charge is 0.139 e. The molecule has 0 radical (unpaired) electrons. The zero-order valence-electron chi connectivity index (χ0n) is 24.8. The van der Waals surface area contributed by atoms with Gasteiger partial charge >= 0.3 is 0 Å². The molecule has 2 heterocycles. The van der Waals surface area contributed by atoms with Crippen molar-refractivity contribution in [3.8, 4) is 33.6 Å². The Labute approximate surface area is 264 Å². The lowest BCUT2D eigenvalue weighted by Gasteiger charge is -2.18. The minimum absolute atomic E-state index is 0.822. The Kier molecular flexibility index (Phi) is 5.31. The lowest BCUT2D eigenvalue weighted by molar-refractivity contribution is 0.628. The third-order valence-corrected chi connectivity index (χ3v) is 9.43. The molecule has 0 atom stereocenters. The number of furan rings is 2. The first kappa shape index (κ1) is 25.2. The highest BCUT2D eigenvalue weighted by atomic mass is 16.3. The zero-order valence-corrected chi connectivity index (χ0v) is 24.8. The van der Waals surface area contributed by atoms with Gasteiger partial charge in [-0.3, -0.25) is 0 Å². The summed E-state index contributed by atoms with van der Waals surface area (Å²) in [6.45, 7) is 0. The van der Waals surface area contributed by atoms with Crippen molar-refractivity contribution in [2.45, 2.75) is 0 Å². The molecular formula is C44H26O2. The molecule has 0 saturated carbocycles. The summed E-state index contributed by atoms with van der Waals surface area (Å²) < 4.78 is 12.8. The highest BCUT2D eigenvalue weighted by Crippen LogP contribution is 2.47. The zero-order chi connectivity index (χ0) is 30.2. The van der Waals surface area contributed by atoms with E-state index in [-0.39, 0.29) is 0 Å². The van der Waals surface area contributed by atoms with Crippen LogP contribution >= 0.6 is 0 Å². The molecular weight excluding hydrogens is 560 g/mol. The number of benzene rings is 8. The molecule has 0 N–H and O–H groups in total. The van der Waals surface area contributed by atoms with Gasteiger partial charge in [0.05, 0.1) is 0 Å². The van der Waals surface area contributed by atoms with Crippen molar-refractivity contribution >= 4 is 65.2 Å². The number of hydrogen-bond donors (Lipinski definition) is 0. The van der Waals surface area contributed by atoms with E-state index >= 15 is 0 Å². The van der Waals surface area contributed by atoms with Crippen molar-refractivity contribution in [1.82, 2.24) is 0 Å². The van der Waals surface area contributed by atoms with Gasteiger partial charge in [0.1, 0.15) is 22.5 Å². The van der Waals surface area contributed by atoms with Crippen LogP contribution in [0.25, 0.3) is 98.8 Å². The first-order valence-electron chi connectivity index (χ1n) is 15.7. The molecule has 0 aliphatic rings. The molecule has 0 saturated heterocycles. The van der Waals surface area contributed by atoms with E-state index in [1.165, 1.54) is 54.6 Å². The second-order valence-corrected chi connectivity index (χ2v) is 12.0. The average molecular weight is 587 g/mol. The SMILES string of the molecule is c1ccc(-c2cc3cc4c(cc3o2)oc2cccc(-c3c5ccccc5c(-c5ccc6ccccc6c5)c5ccccc35)c24)cc1. The van der Waals surface area contributed by atoms with Crippen LogP contribution in [-0.2, 0) is 0 Å². The molecule has 2 nitrogen and oxygen atoms in total. The number of hydrogen-bond acceptors (Lipinski definition) is 2. The molecule has 2 aromatic heterocycles. The predicted molar refractivity (Wildman–Crippen MR) is 192 cm³/mol. The fraction of sp³-hybridized carbons (Fsp3) is 0. The Morgan fingerprint density at radius 1 is 0.326 bits per heavy atom. The monoisotopic (exact) mass is 586 g/mol. The standard InChI is InChI=1S/C44H26O2/c1-2-12-28(13-3-1)39-25-31-24-37-41(26-40(31)46-39)45-38-20-10-19-36(44(37)38)43-34-17-8-6-15-32(34)42(33-16-7-9-18-35(33)43)30-22-21-27-11-4-5-14-29(27)23-30/h1-26H. The maximum Gasteiger partial charge on any atom is 0.139 e.